The van der Waals surface area contributed by atoms with Gasteiger partial charge < -0.3 is 5.32 Å². The van der Waals surface area contributed by atoms with E-state index in [2.05, 4.69) is 10.3 Å². The second kappa shape index (κ2) is 5.34. The predicted octanol–water partition coefficient (Wildman–Crippen LogP) is 4.27. The predicted molar refractivity (Wildman–Crippen MR) is 64.7 cm³/mol. The summed E-state index contributed by atoms with van der Waals surface area (Å²) < 4.78 is 37.9. The third kappa shape index (κ3) is 3.51. The molecule has 0 radical (unpaired) electrons. The summed E-state index contributed by atoms with van der Waals surface area (Å²) in [5.74, 6) is -1.19. The van der Waals surface area contributed by atoms with Crippen LogP contribution in [0.15, 0.2) is 18.3 Å². The molecule has 6 heteroatoms. The zero-order valence-electron chi connectivity index (χ0n) is 9.67. The first-order valence-electron chi connectivity index (χ1n) is 5.90. The van der Waals surface area contributed by atoms with Gasteiger partial charge in [-0.15, -0.1) is 0 Å². The van der Waals surface area contributed by atoms with Crippen molar-refractivity contribution in [1.82, 2.24) is 4.98 Å². The SMILES string of the molecule is FC(F)(F)C1CCCC(Nc2ccc(Cl)nc2)C1. The van der Waals surface area contributed by atoms with E-state index in [0.29, 0.717) is 17.3 Å². The van der Waals surface area contributed by atoms with Gasteiger partial charge in [0.25, 0.3) is 0 Å². The molecule has 0 amide bonds. The molecule has 0 aromatic carbocycles. The van der Waals surface area contributed by atoms with E-state index in [4.69, 9.17) is 11.6 Å². The third-order valence-corrected chi connectivity index (χ3v) is 3.46. The number of rotatable bonds is 2. The summed E-state index contributed by atoms with van der Waals surface area (Å²) in [5.41, 5.74) is 0.715. The van der Waals surface area contributed by atoms with E-state index in [1.165, 1.54) is 0 Å². The van der Waals surface area contributed by atoms with Crippen molar-refractivity contribution >= 4 is 17.3 Å². The smallest absolute Gasteiger partial charge is 0.381 e. The molecule has 1 aliphatic carbocycles. The van der Waals surface area contributed by atoms with Crippen molar-refractivity contribution in [3.8, 4) is 0 Å². The number of anilines is 1. The molecule has 100 valence electrons. The van der Waals surface area contributed by atoms with Crippen molar-refractivity contribution in [1.29, 1.82) is 0 Å². The Morgan fingerprint density at radius 2 is 2.06 bits per heavy atom. The molecule has 18 heavy (non-hydrogen) atoms. The molecule has 1 aromatic heterocycles. The van der Waals surface area contributed by atoms with E-state index in [0.717, 1.165) is 6.42 Å². The van der Waals surface area contributed by atoms with Crippen molar-refractivity contribution in [2.45, 2.75) is 37.9 Å². The van der Waals surface area contributed by atoms with Crippen LogP contribution in [0.2, 0.25) is 5.15 Å². The van der Waals surface area contributed by atoms with E-state index >= 15 is 0 Å². The third-order valence-electron chi connectivity index (χ3n) is 3.24. The fourth-order valence-electron chi connectivity index (χ4n) is 2.32. The normalized spacial score (nSPS) is 24.9. The first-order valence-corrected chi connectivity index (χ1v) is 6.28. The zero-order valence-corrected chi connectivity index (χ0v) is 10.4. The van der Waals surface area contributed by atoms with Gasteiger partial charge in [0.15, 0.2) is 0 Å². The molecule has 1 fully saturated rings. The first-order chi connectivity index (χ1) is 8.45. The van der Waals surface area contributed by atoms with Gasteiger partial charge in [-0.25, -0.2) is 4.98 Å². The highest BCUT2D eigenvalue weighted by molar-refractivity contribution is 6.29. The molecule has 2 rings (SSSR count). The van der Waals surface area contributed by atoms with Crippen LogP contribution >= 0.6 is 11.6 Å². The minimum Gasteiger partial charge on any atom is -0.381 e. The van der Waals surface area contributed by atoms with Gasteiger partial charge in [-0.2, -0.15) is 13.2 Å². The average Bonchev–Trinajstić information content (AvgIpc) is 2.31. The molecule has 0 saturated heterocycles. The Morgan fingerprint density at radius 3 is 2.67 bits per heavy atom. The van der Waals surface area contributed by atoms with E-state index < -0.39 is 12.1 Å². The number of pyridine rings is 1. The Hall–Kier alpha value is -0.970. The van der Waals surface area contributed by atoms with Gasteiger partial charge >= 0.3 is 6.18 Å². The summed E-state index contributed by atoms with van der Waals surface area (Å²) in [5, 5.41) is 3.46. The van der Waals surface area contributed by atoms with Crippen LogP contribution in [-0.2, 0) is 0 Å². The molecule has 1 N–H and O–H groups in total. The van der Waals surface area contributed by atoms with Crippen molar-refractivity contribution in [3.05, 3.63) is 23.5 Å². The van der Waals surface area contributed by atoms with Crippen LogP contribution in [0.5, 0.6) is 0 Å². The molecule has 0 spiro atoms. The summed E-state index contributed by atoms with van der Waals surface area (Å²) in [4.78, 5) is 3.89. The molecular formula is C12H14ClF3N2. The Kier molecular flexibility index (Phi) is 4.00. The van der Waals surface area contributed by atoms with Crippen LogP contribution in [0.25, 0.3) is 0 Å². The van der Waals surface area contributed by atoms with Crippen LogP contribution in [0.4, 0.5) is 18.9 Å². The lowest BCUT2D eigenvalue weighted by molar-refractivity contribution is -0.182. The molecule has 2 atom stereocenters. The maximum absolute atomic E-state index is 12.6. The Balaban J connectivity index is 1.95. The van der Waals surface area contributed by atoms with Gasteiger partial charge in [-0.05, 0) is 31.4 Å². The second-order valence-electron chi connectivity index (χ2n) is 4.62. The number of hydrogen-bond acceptors (Lipinski definition) is 2. The van der Waals surface area contributed by atoms with E-state index in [9.17, 15) is 13.2 Å². The second-order valence-corrected chi connectivity index (χ2v) is 5.00. The molecule has 1 saturated carbocycles. The Labute approximate surface area is 109 Å². The van der Waals surface area contributed by atoms with Crippen LogP contribution in [-0.4, -0.2) is 17.2 Å². The number of halogens is 4. The number of alkyl halides is 3. The highest BCUT2D eigenvalue weighted by atomic mass is 35.5. The highest BCUT2D eigenvalue weighted by Crippen LogP contribution is 2.38. The largest absolute Gasteiger partial charge is 0.391 e. The van der Waals surface area contributed by atoms with E-state index in [-0.39, 0.29) is 18.9 Å². The maximum Gasteiger partial charge on any atom is 0.391 e. The molecule has 2 nitrogen and oxygen atoms in total. The molecule has 1 aliphatic rings. The fourth-order valence-corrected chi connectivity index (χ4v) is 2.43. The van der Waals surface area contributed by atoms with Crippen molar-refractivity contribution in [2.24, 2.45) is 5.92 Å². The van der Waals surface area contributed by atoms with Crippen LogP contribution in [0, 0.1) is 5.92 Å². The Morgan fingerprint density at radius 1 is 1.28 bits per heavy atom. The van der Waals surface area contributed by atoms with Gasteiger partial charge in [0.05, 0.1) is 17.8 Å². The van der Waals surface area contributed by atoms with E-state index in [1.54, 1.807) is 18.3 Å². The zero-order chi connectivity index (χ0) is 13.2. The van der Waals surface area contributed by atoms with Crippen LogP contribution in [0.3, 0.4) is 0 Å². The van der Waals surface area contributed by atoms with Crippen LogP contribution in [0.1, 0.15) is 25.7 Å². The van der Waals surface area contributed by atoms with Gasteiger partial charge in [-0.3, -0.25) is 0 Å². The fraction of sp³-hybridized carbons (Fsp3) is 0.583. The topological polar surface area (TPSA) is 24.9 Å². The average molecular weight is 279 g/mol. The summed E-state index contributed by atoms with van der Waals surface area (Å²) in [6.07, 6.45) is -0.817. The molecular weight excluding hydrogens is 265 g/mol. The summed E-state index contributed by atoms with van der Waals surface area (Å²) in [6, 6.07) is 3.20. The van der Waals surface area contributed by atoms with Crippen molar-refractivity contribution in [2.75, 3.05) is 5.32 Å². The number of nitrogens with zero attached hydrogens (tertiary/aromatic N) is 1. The van der Waals surface area contributed by atoms with Gasteiger partial charge in [0.2, 0.25) is 0 Å². The molecule has 1 aromatic rings. The quantitative estimate of drug-likeness (QED) is 0.817. The van der Waals surface area contributed by atoms with Gasteiger partial charge in [0.1, 0.15) is 5.15 Å². The Bertz CT molecular complexity index is 391. The molecule has 1 heterocycles. The minimum absolute atomic E-state index is 0.131. The van der Waals surface area contributed by atoms with Gasteiger partial charge in [-0.1, -0.05) is 18.0 Å². The molecule has 0 bridgehead atoms. The number of nitrogens with one attached hydrogen (secondary N) is 1. The van der Waals surface area contributed by atoms with E-state index in [1.807, 2.05) is 0 Å². The molecule has 2 unspecified atom stereocenters. The lowest BCUT2D eigenvalue weighted by Gasteiger charge is -2.31. The summed E-state index contributed by atoms with van der Waals surface area (Å²) in [6.45, 7) is 0. The molecule has 0 aliphatic heterocycles. The summed E-state index contributed by atoms with van der Waals surface area (Å²) in [7, 11) is 0. The monoisotopic (exact) mass is 278 g/mol. The minimum atomic E-state index is -4.08. The van der Waals surface area contributed by atoms with Gasteiger partial charge in [0, 0.05) is 6.04 Å². The maximum atomic E-state index is 12.6. The summed E-state index contributed by atoms with van der Waals surface area (Å²) >= 11 is 5.65. The first kappa shape index (κ1) is 13.5. The highest BCUT2D eigenvalue weighted by Gasteiger charge is 2.42. The number of aromatic nitrogens is 1. The lowest BCUT2D eigenvalue weighted by atomic mass is 9.85. The number of hydrogen-bond donors (Lipinski definition) is 1. The van der Waals surface area contributed by atoms with Crippen molar-refractivity contribution in [3.63, 3.8) is 0 Å². The standard InChI is InChI=1S/C12H14ClF3N2/c13-11-5-4-10(7-17-11)18-9-3-1-2-8(6-9)12(14,15)16/h4-5,7-9,18H,1-3,6H2. The van der Waals surface area contributed by atoms with Crippen molar-refractivity contribution < 1.29 is 13.2 Å². The van der Waals surface area contributed by atoms with Crippen LogP contribution < -0.4 is 5.32 Å². The lowest BCUT2D eigenvalue weighted by Crippen LogP contribution is -2.34.